The number of amides is 1. The molecule has 0 saturated heterocycles. The molecule has 0 unspecified atom stereocenters. The van der Waals surface area contributed by atoms with Crippen LogP contribution >= 0.6 is 0 Å². The minimum Gasteiger partial charge on any atom is -0.495 e. The molecule has 11 nitrogen and oxygen atoms in total. The average Bonchev–Trinajstić information content (AvgIpc) is 2.65. The quantitative estimate of drug-likeness (QED) is 0.481. The summed E-state index contributed by atoms with van der Waals surface area (Å²) in [5.41, 5.74) is -0.392. The summed E-state index contributed by atoms with van der Waals surface area (Å²) in [6, 6.07) is 8.23. The van der Waals surface area contributed by atoms with Crippen LogP contribution in [0.3, 0.4) is 0 Å². The van der Waals surface area contributed by atoms with E-state index in [1.54, 1.807) is 0 Å². The first-order valence-electron chi connectivity index (χ1n) is 8.01. The van der Waals surface area contributed by atoms with Crippen LogP contribution < -0.4 is 14.4 Å². The number of nitrogens with one attached hydrogen (secondary N) is 1. The van der Waals surface area contributed by atoms with E-state index in [1.165, 1.54) is 44.4 Å². The number of carbonyl (C=O) groups excluding carboxylic acids is 1. The van der Waals surface area contributed by atoms with Crippen molar-refractivity contribution in [3.05, 3.63) is 52.6 Å². The lowest BCUT2D eigenvalue weighted by atomic mass is 10.2. The lowest BCUT2D eigenvalue weighted by Gasteiger charge is -2.24. The lowest BCUT2D eigenvalue weighted by molar-refractivity contribution is -0.384. The van der Waals surface area contributed by atoms with Crippen molar-refractivity contribution in [3.8, 4) is 5.75 Å². The molecular formula is C17H17N3O8S. The largest absolute Gasteiger partial charge is 0.495 e. The van der Waals surface area contributed by atoms with Crippen molar-refractivity contribution in [2.45, 2.75) is 11.8 Å². The van der Waals surface area contributed by atoms with E-state index in [0.717, 1.165) is 12.1 Å². The van der Waals surface area contributed by atoms with E-state index < -0.39 is 33.1 Å². The second-order valence-corrected chi connectivity index (χ2v) is 7.59. The van der Waals surface area contributed by atoms with Crippen molar-refractivity contribution < 1.29 is 32.8 Å². The van der Waals surface area contributed by atoms with Gasteiger partial charge in [-0.3, -0.25) is 24.0 Å². The Balaban J connectivity index is 2.60. The molecule has 154 valence electrons. The summed E-state index contributed by atoms with van der Waals surface area (Å²) < 4.78 is 31.8. The normalized spacial score (nSPS) is 10.8. The van der Waals surface area contributed by atoms with E-state index in [-0.39, 0.29) is 22.2 Å². The van der Waals surface area contributed by atoms with Crippen molar-refractivity contribution >= 4 is 39.0 Å². The maximum atomic E-state index is 13.1. The molecule has 0 heterocycles. The number of aliphatic carboxylic acids is 1. The number of anilines is 2. The van der Waals surface area contributed by atoms with Crippen LogP contribution in [0.25, 0.3) is 0 Å². The van der Waals surface area contributed by atoms with E-state index in [4.69, 9.17) is 4.74 Å². The molecule has 0 atom stereocenters. The molecule has 0 fully saturated rings. The first kappa shape index (κ1) is 21.6. The third-order valence-electron chi connectivity index (χ3n) is 3.68. The van der Waals surface area contributed by atoms with E-state index in [0.29, 0.717) is 9.99 Å². The number of benzene rings is 2. The summed E-state index contributed by atoms with van der Waals surface area (Å²) in [5.74, 6) is -1.89. The molecule has 0 saturated carbocycles. The molecule has 0 spiro atoms. The first-order valence-corrected chi connectivity index (χ1v) is 9.45. The van der Waals surface area contributed by atoms with Crippen LogP contribution in [-0.4, -0.2) is 44.0 Å². The third kappa shape index (κ3) is 4.99. The third-order valence-corrected chi connectivity index (χ3v) is 5.46. The summed E-state index contributed by atoms with van der Waals surface area (Å²) in [7, 11) is -3.21. The van der Waals surface area contributed by atoms with Gasteiger partial charge in [0.15, 0.2) is 0 Å². The minimum atomic E-state index is -4.43. The van der Waals surface area contributed by atoms with E-state index >= 15 is 0 Å². The molecule has 0 aliphatic heterocycles. The van der Waals surface area contributed by atoms with Crippen molar-refractivity contribution in [3.63, 3.8) is 0 Å². The van der Waals surface area contributed by atoms with Gasteiger partial charge in [0, 0.05) is 24.7 Å². The number of carboxylic acids is 1. The number of non-ortho nitro benzene ring substituents is 1. The average molecular weight is 423 g/mol. The highest BCUT2D eigenvalue weighted by atomic mass is 32.2. The number of carbonyl (C=O) groups is 2. The first-order chi connectivity index (χ1) is 13.6. The Morgan fingerprint density at radius 1 is 1.21 bits per heavy atom. The molecule has 0 aliphatic carbocycles. The van der Waals surface area contributed by atoms with Gasteiger partial charge in [-0.05, 0) is 30.3 Å². The minimum absolute atomic E-state index is 0.0599. The lowest BCUT2D eigenvalue weighted by Crippen LogP contribution is -2.36. The van der Waals surface area contributed by atoms with Gasteiger partial charge >= 0.3 is 5.97 Å². The number of nitro benzene ring substituents is 1. The number of rotatable bonds is 8. The van der Waals surface area contributed by atoms with Gasteiger partial charge in [0.05, 0.1) is 16.9 Å². The molecule has 2 aromatic carbocycles. The van der Waals surface area contributed by atoms with Gasteiger partial charge < -0.3 is 15.2 Å². The Bertz CT molecular complexity index is 1050. The van der Waals surface area contributed by atoms with Gasteiger partial charge in [0.2, 0.25) is 5.91 Å². The predicted octanol–water partition coefficient (Wildman–Crippen LogP) is 1.84. The standard InChI is InChI=1S/C17H17N3O8S/c1-11(21)18-12-3-6-14(7-4-12)29(26,27)19(10-17(22)23)15-9-13(20(24)25)5-8-16(15)28-2/h3-9H,10H2,1-2H3,(H,18,21)(H,22,23). The highest BCUT2D eigenvalue weighted by Crippen LogP contribution is 2.35. The second-order valence-electron chi connectivity index (χ2n) is 5.72. The zero-order valence-corrected chi connectivity index (χ0v) is 16.2. The number of hydrogen-bond donors (Lipinski definition) is 2. The number of carboxylic acid groups (broad SMARTS) is 1. The van der Waals surface area contributed by atoms with Crippen LogP contribution in [0.1, 0.15) is 6.92 Å². The van der Waals surface area contributed by atoms with Gasteiger partial charge in [0.1, 0.15) is 18.0 Å². The summed E-state index contributed by atoms with van der Waals surface area (Å²) in [6.07, 6.45) is 0. The molecule has 0 radical (unpaired) electrons. The second kappa shape index (κ2) is 8.56. The fraction of sp³-hybridized carbons (Fsp3) is 0.176. The number of hydrogen-bond acceptors (Lipinski definition) is 7. The van der Waals surface area contributed by atoms with Gasteiger partial charge in [0.25, 0.3) is 15.7 Å². The van der Waals surface area contributed by atoms with Crippen LogP contribution in [0.5, 0.6) is 5.75 Å². The molecule has 2 rings (SSSR count). The topological polar surface area (TPSA) is 156 Å². The Labute approximate surface area is 165 Å². The molecule has 0 bridgehead atoms. The number of nitrogens with zero attached hydrogens (tertiary/aromatic N) is 2. The molecule has 29 heavy (non-hydrogen) atoms. The fourth-order valence-corrected chi connectivity index (χ4v) is 3.87. The zero-order chi connectivity index (χ0) is 21.8. The van der Waals surface area contributed by atoms with Crippen LogP contribution in [-0.2, 0) is 19.6 Å². The van der Waals surface area contributed by atoms with E-state index in [2.05, 4.69) is 5.32 Å². The maximum absolute atomic E-state index is 13.1. The Morgan fingerprint density at radius 3 is 2.31 bits per heavy atom. The van der Waals surface area contributed by atoms with Crippen molar-refractivity contribution in [1.29, 1.82) is 0 Å². The van der Waals surface area contributed by atoms with Gasteiger partial charge in [-0.15, -0.1) is 0 Å². The van der Waals surface area contributed by atoms with Crippen LogP contribution in [0, 0.1) is 10.1 Å². The van der Waals surface area contributed by atoms with Crippen molar-refractivity contribution in [2.75, 3.05) is 23.3 Å². The molecule has 12 heteroatoms. The number of methoxy groups -OCH3 is 1. The molecular weight excluding hydrogens is 406 g/mol. The summed E-state index contributed by atoms with van der Waals surface area (Å²) in [4.78, 5) is 32.5. The Kier molecular flexibility index (Phi) is 6.38. The van der Waals surface area contributed by atoms with Crippen LogP contribution in [0.2, 0.25) is 0 Å². The predicted molar refractivity (Wildman–Crippen MR) is 103 cm³/mol. The van der Waals surface area contributed by atoms with E-state index in [1.807, 2.05) is 0 Å². The SMILES string of the molecule is COc1ccc([N+](=O)[O-])cc1N(CC(=O)O)S(=O)(=O)c1ccc(NC(C)=O)cc1. The maximum Gasteiger partial charge on any atom is 0.324 e. The van der Waals surface area contributed by atoms with E-state index in [9.17, 15) is 33.2 Å². The monoisotopic (exact) mass is 423 g/mol. The Morgan fingerprint density at radius 2 is 1.83 bits per heavy atom. The molecule has 1 amide bonds. The molecule has 2 aromatic rings. The Hall–Kier alpha value is -3.67. The number of ether oxygens (including phenoxy) is 1. The van der Waals surface area contributed by atoms with Gasteiger partial charge in [-0.2, -0.15) is 0 Å². The summed E-state index contributed by atoms with van der Waals surface area (Å²) in [6.45, 7) is 0.293. The number of nitro groups is 1. The van der Waals surface area contributed by atoms with Crippen LogP contribution in [0.4, 0.5) is 17.1 Å². The smallest absolute Gasteiger partial charge is 0.324 e. The van der Waals surface area contributed by atoms with Crippen molar-refractivity contribution in [1.82, 2.24) is 0 Å². The zero-order valence-electron chi connectivity index (χ0n) is 15.4. The van der Waals surface area contributed by atoms with Crippen LogP contribution in [0.15, 0.2) is 47.4 Å². The van der Waals surface area contributed by atoms with Gasteiger partial charge in [-0.1, -0.05) is 0 Å². The molecule has 2 N–H and O–H groups in total. The van der Waals surface area contributed by atoms with Gasteiger partial charge in [-0.25, -0.2) is 8.42 Å². The summed E-state index contributed by atoms with van der Waals surface area (Å²) >= 11 is 0. The number of sulfonamides is 1. The summed E-state index contributed by atoms with van der Waals surface area (Å²) in [5, 5.41) is 22.8. The highest BCUT2D eigenvalue weighted by Gasteiger charge is 2.30. The van der Waals surface area contributed by atoms with Crippen molar-refractivity contribution in [2.24, 2.45) is 0 Å². The highest BCUT2D eigenvalue weighted by molar-refractivity contribution is 7.92. The molecule has 0 aromatic heterocycles. The fourth-order valence-electron chi connectivity index (χ4n) is 2.45. The molecule has 0 aliphatic rings.